The van der Waals surface area contributed by atoms with Crippen molar-refractivity contribution in [2.45, 2.75) is 0 Å². The molecule has 0 heterocycles. The van der Waals surface area contributed by atoms with E-state index in [1.54, 1.807) is 12.1 Å². The number of nitrogens with zero attached hydrogens (tertiary/aromatic N) is 2. The Balaban J connectivity index is 1.84. The lowest BCUT2D eigenvalue weighted by Crippen LogP contribution is -2.34. The van der Waals surface area contributed by atoms with E-state index in [9.17, 15) is 19.7 Å². The summed E-state index contributed by atoms with van der Waals surface area (Å²) in [6.07, 6.45) is 1.33. The number of methoxy groups -OCH3 is 2. The minimum absolute atomic E-state index is 0.0425. The minimum Gasteiger partial charge on any atom is -0.493 e. The fourth-order valence-electron chi connectivity index (χ4n) is 2.14. The Morgan fingerprint density at radius 3 is 2.39 bits per heavy atom. The third-order valence-electron chi connectivity index (χ3n) is 3.56. The number of carbonyl (C=O) groups is 2. The smallest absolute Gasteiger partial charge is 0.269 e. The van der Waals surface area contributed by atoms with Gasteiger partial charge in [-0.25, -0.2) is 5.43 Å². The van der Waals surface area contributed by atoms with E-state index in [0.717, 1.165) is 0 Å². The standard InChI is InChI=1S/C18H18N4O6/c1-27-15-8-5-13(9-16(15)28-2)18(24)19-11-17(23)21-20-10-12-3-6-14(7-4-12)22(25)26/h3-10H,11H2,1-2H3,(H,19,24)(H,21,23)/b20-10+. The van der Waals surface area contributed by atoms with Crippen molar-refractivity contribution in [2.75, 3.05) is 20.8 Å². The number of non-ortho nitro benzene ring substituents is 1. The van der Waals surface area contributed by atoms with E-state index in [1.807, 2.05) is 0 Å². The first-order valence-corrected chi connectivity index (χ1v) is 8.01. The Bertz CT molecular complexity index is 895. The van der Waals surface area contributed by atoms with Crippen LogP contribution >= 0.6 is 0 Å². The summed E-state index contributed by atoms with van der Waals surface area (Å²) in [6.45, 7) is -0.287. The number of hydrazone groups is 1. The van der Waals surface area contributed by atoms with Crippen LogP contribution in [0.4, 0.5) is 5.69 Å². The fourth-order valence-corrected chi connectivity index (χ4v) is 2.14. The first-order chi connectivity index (χ1) is 13.4. The van der Waals surface area contributed by atoms with E-state index < -0.39 is 16.7 Å². The van der Waals surface area contributed by atoms with E-state index in [1.165, 1.54) is 50.8 Å². The molecule has 0 radical (unpaired) electrons. The average Bonchev–Trinajstić information content (AvgIpc) is 2.71. The van der Waals surface area contributed by atoms with Gasteiger partial charge in [-0.3, -0.25) is 19.7 Å². The van der Waals surface area contributed by atoms with Crippen molar-refractivity contribution in [3.05, 3.63) is 63.7 Å². The van der Waals surface area contributed by atoms with Gasteiger partial charge in [-0.05, 0) is 35.9 Å². The second kappa shape index (κ2) is 9.67. The first kappa shape index (κ1) is 20.4. The van der Waals surface area contributed by atoms with Crippen molar-refractivity contribution in [1.29, 1.82) is 0 Å². The summed E-state index contributed by atoms with van der Waals surface area (Å²) in [5.41, 5.74) is 3.09. The second-order valence-electron chi connectivity index (χ2n) is 5.39. The van der Waals surface area contributed by atoms with Gasteiger partial charge in [0.1, 0.15) is 0 Å². The number of benzene rings is 2. The normalized spacial score (nSPS) is 10.4. The van der Waals surface area contributed by atoms with Crippen molar-refractivity contribution in [3.8, 4) is 11.5 Å². The maximum Gasteiger partial charge on any atom is 0.269 e. The number of hydrogen-bond acceptors (Lipinski definition) is 7. The molecule has 0 atom stereocenters. The van der Waals surface area contributed by atoms with Crippen LogP contribution in [0, 0.1) is 10.1 Å². The zero-order valence-electron chi connectivity index (χ0n) is 15.2. The topological polar surface area (TPSA) is 132 Å². The van der Waals surface area contributed by atoms with Crippen molar-refractivity contribution < 1.29 is 24.0 Å². The Kier molecular flexibility index (Phi) is 7.03. The maximum absolute atomic E-state index is 12.1. The van der Waals surface area contributed by atoms with Crippen LogP contribution in [0.2, 0.25) is 0 Å². The highest BCUT2D eigenvalue weighted by Crippen LogP contribution is 2.27. The molecule has 2 N–H and O–H groups in total. The molecule has 10 heteroatoms. The largest absolute Gasteiger partial charge is 0.493 e. The van der Waals surface area contributed by atoms with Gasteiger partial charge in [0.05, 0.1) is 31.9 Å². The number of nitro groups is 1. The molecule has 0 unspecified atom stereocenters. The predicted octanol–water partition coefficient (Wildman–Crippen LogP) is 1.49. The lowest BCUT2D eigenvalue weighted by atomic mass is 10.2. The van der Waals surface area contributed by atoms with Crippen LogP contribution in [0.15, 0.2) is 47.6 Å². The van der Waals surface area contributed by atoms with Crippen LogP contribution in [0.25, 0.3) is 0 Å². The van der Waals surface area contributed by atoms with Gasteiger partial charge < -0.3 is 14.8 Å². The van der Waals surface area contributed by atoms with Crippen LogP contribution in [0.5, 0.6) is 11.5 Å². The molecule has 10 nitrogen and oxygen atoms in total. The minimum atomic E-state index is -0.535. The van der Waals surface area contributed by atoms with Gasteiger partial charge >= 0.3 is 0 Å². The molecule has 0 aliphatic carbocycles. The van der Waals surface area contributed by atoms with E-state index in [-0.39, 0.29) is 12.2 Å². The molecule has 2 aromatic rings. The first-order valence-electron chi connectivity index (χ1n) is 8.01. The molecule has 0 fully saturated rings. The molecule has 28 heavy (non-hydrogen) atoms. The predicted molar refractivity (Wildman–Crippen MR) is 101 cm³/mol. The van der Waals surface area contributed by atoms with E-state index in [0.29, 0.717) is 22.6 Å². The molecule has 146 valence electrons. The summed E-state index contributed by atoms with van der Waals surface area (Å²) in [5.74, 6) is -0.118. The fraction of sp³-hybridized carbons (Fsp3) is 0.167. The number of hydrogen-bond donors (Lipinski definition) is 2. The Morgan fingerprint density at radius 1 is 1.11 bits per heavy atom. The Morgan fingerprint density at radius 2 is 1.79 bits per heavy atom. The molecule has 2 rings (SSSR count). The van der Waals surface area contributed by atoms with Gasteiger partial charge in [-0.1, -0.05) is 0 Å². The summed E-state index contributed by atoms with van der Waals surface area (Å²) in [7, 11) is 2.94. The molecule has 0 spiro atoms. The summed E-state index contributed by atoms with van der Waals surface area (Å²) in [6, 6.07) is 10.3. The maximum atomic E-state index is 12.1. The van der Waals surface area contributed by atoms with Crippen LogP contribution < -0.4 is 20.2 Å². The third-order valence-corrected chi connectivity index (χ3v) is 3.56. The van der Waals surface area contributed by atoms with E-state index in [4.69, 9.17) is 9.47 Å². The number of ether oxygens (including phenoxy) is 2. The highest BCUT2D eigenvalue weighted by Gasteiger charge is 2.11. The molecule has 0 aliphatic rings. The van der Waals surface area contributed by atoms with Gasteiger partial charge in [-0.2, -0.15) is 5.10 Å². The van der Waals surface area contributed by atoms with Gasteiger partial charge in [0, 0.05) is 17.7 Å². The van der Waals surface area contributed by atoms with Crippen LogP contribution in [0.1, 0.15) is 15.9 Å². The van der Waals surface area contributed by atoms with Gasteiger partial charge in [-0.15, -0.1) is 0 Å². The molecule has 2 aromatic carbocycles. The molecule has 0 saturated carbocycles. The third kappa shape index (κ3) is 5.53. The summed E-state index contributed by atoms with van der Waals surface area (Å²) in [5, 5.41) is 16.8. The van der Waals surface area contributed by atoms with Gasteiger partial charge in [0.15, 0.2) is 11.5 Å². The number of carbonyl (C=O) groups excluding carboxylic acids is 2. The van der Waals surface area contributed by atoms with Crippen molar-refractivity contribution in [1.82, 2.24) is 10.7 Å². The number of nitro benzene ring substituents is 1. The summed E-state index contributed by atoms with van der Waals surface area (Å²) in [4.78, 5) is 34.0. The van der Waals surface area contributed by atoms with Crippen molar-refractivity contribution in [3.63, 3.8) is 0 Å². The van der Waals surface area contributed by atoms with Crippen LogP contribution in [0.3, 0.4) is 0 Å². The van der Waals surface area contributed by atoms with Crippen LogP contribution in [-0.4, -0.2) is 43.7 Å². The zero-order chi connectivity index (χ0) is 20.5. The number of amides is 2. The Hall–Kier alpha value is -3.95. The van der Waals surface area contributed by atoms with Gasteiger partial charge in [0.25, 0.3) is 17.5 Å². The molecule has 0 bridgehead atoms. The summed E-state index contributed by atoms with van der Waals surface area (Å²) >= 11 is 0. The van der Waals surface area contributed by atoms with Crippen LogP contribution in [-0.2, 0) is 4.79 Å². The quantitative estimate of drug-likeness (QED) is 0.401. The Labute approximate surface area is 160 Å². The molecule has 0 aromatic heterocycles. The molecule has 2 amide bonds. The molecular weight excluding hydrogens is 368 g/mol. The van der Waals surface area contributed by atoms with Crippen molar-refractivity contribution >= 4 is 23.7 Å². The average molecular weight is 386 g/mol. The second-order valence-corrected chi connectivity index (χ2v) is 5.39. The summed E-state index contributed by atoms with van der Waals surface area (Å²) < 4.78 is 10.2. The van der Waals surface area contributed by atoms with Gasteiger partial charge in [0.2, 0.25) is 0 Å². The molecular formula is C18H18N4O6. The molecule has 0 saturated heterocycles. The zero-order valence-corrected chi connectivity index (χ0v) is 15.2. The SMILES string of the molecule is COc1ccc(C(=O)NCC(=O)N/N=C/c2ccc([N+](=O)[O-])cc2)cc1OC. The highest BCUT2D eigenvalue weighted by molar-refractivity contribution is 5.97. The number of nitrogens with one attached hydrogen (secondary N) is 2. The lowest BCUT2D eigenvalue weighted by Gasteiger charge is -2.09. The highest BCUT2D eigenvalue weighted by atomic mass is 16.6. The van der Waals surface area contributed by atoms with Crippen molar-refractivity contribution in [2.24, 2.45) is 5.10 Å². The lowest BCUT2D eigenvalue weighted by molar-refractivity contribution is -0.384. The molecule has 0 aliphatic heterocycles. The monoisotopic (exact) mass is 386 g/mol. The van der Waals surface area contributed by atoms with E-state index >= 15 is 0 Å². The van der Waals surface area contributed by atoms with E-state index in [2.05, 4.69) is 15.8 Å². The number of rotatable bonds is 8.